The van der Waals surface area contributed by atoms with E-state index in [1.54, 1.807) is 0 Å². The van der Waals surface area contributed by atoms with Gasteiger partial charge >= 0.3 is 0 Å². The lowest BCUT2D eigenvalue weighted by Crippen LogP contribution is -2.40. The van der Waals surface area contributed by atoms with E-state index in [-0.39, 0.29) is 6.29 Å². The van der Waals surface area contributed by atoms with E-state index in [1.165, 1.54) is 19.5 Å². The van der Waals surface area contributed by atoms with Crippen molar-refractivity contribution in [1.29, 1.82) is 0 Å². The van der Waals surface area contributed by atoms with Crippen molar-refractivity contribution in [3.05, 3.63) is 0 Å². The Hall–Kier alpha value is -0.120. The first kappa shape index (κ1) is 12.3. The Bertz CT molecular complexity index is 204. The molecule has 2 fully saturated rings. The molecule has 2 unspecified atom stereocenters. The van der Waals surface area contributed by atoms with Gasteiger partial charge in [0, 0.05) is 19.5 Å². The van der Waals surface area contributed by atoms with Crippen LogP contribution < -0.4 is 0 Å². The van der Waals surface area contributed by atoms with Crippen molar-refractivity contribution in [2.24, 2.45) is 11.8 Å². The number of likely N-dealkylation sites (tertiary alicyclic amines) is 1. The molecule has 0 bridgehead atoms. The van der Waals surface area contributed by atoms with Crippen LogP contribution in [0, 0.1) is 11.8 Å². The van der Waals surface area contributed by atoms with Crippen LogP contribution in [0.4, 0.5) is 0 Å². The molecule has 0 amide bonds. The van der Waals surface area contributed by atoms with E-state index in [2.05, 4.69) is 18.7 Å². The van der Waals surface area contributed by atoms with Crippen LogP contribution in [0.3, 0.4) is 0 Å². The minimum absolute atomic E-state index is 0.0587. The first-order valence-corrected chi connectivity index (χ1v) is 6.71. The van der Waals surface area contributed by atoms with Gasteiger partial charge in [-0.2, -0.15) is 0 Å². The van der Waals surface area contributed by atoms with Crippen LogP contribution in [0.5, 0.6) is 0 Å². The topological polar surface area (TPSA) is 21.7 Å². The molecule has 0 saturated carbocycles. The Balaban J connectivity index is 1.65. The molecule has 2 aliphatic rings. The van der Waals surface area contributed by atoms with Crippen molar-refractivity contribution in [3.8, 4) is 0 Å². The quantitative estimate of drug-likeness (QED) is 0.737. The Kier molecular flexibility index (Phi) is 4.62. The van der Waals surface area contributed by atoms with Crippen LogP contribution >= 0.6 is 0 Å². The molecule has 0 aromatic heterocycles. The molecule has 0 aliphatic carbocycles. The van der Waals surface area contributed by atoms with Crippen molar-refractivity contribution in [1.82, 2.24) is 4.90 Å². The van der Waals surface area contributed by atoms with Crippen LogP contribution in [-0.2, 0) is 9.47 Å². The highest BCUT2D eigenvalue weighted by molar-refractivity contribution is 4.75. The van der Waals surface area contributed by atoms with Crippen molar-refractivity contribution in [2.45, 2.75) is 39.4 Å². The molecule has 2 rings (SSSR count). The normalized spacial score (nSPS) is 34.1. The monoisotopic (exact) mass is 227 g/mol. The predicted octanol–water partition coefficient (Wildman–Crippen LogP) is 2.12. The summed E-state index contributed by atoms with van der Waals surface area (Å²) in [5.74, 6) is 1.72. The van der Waals surface area contributed by atoms with Crippen LogP contribution in [-0.4, -0.2) is 44.0 Å². The molecule has 16 heavy (non-hydrogen) atoms. The lowest BCUT2D eigenvalue weighted by atomic mass is 9.89. The van der Waals surface area contributed by atoms with Gasteiger partial charge in [0.15, 0.2) is 6.29 Å². The van der Waals surface area contributed by atoms with Crippen molar-refractivity contribution in [2.75, 3.05) is 32.8 Å². The second-order valence-corrected chi connectivity index (χ2v) is 5.36. The average molecular weight is 227 g/mol. The van der Waals surface area contributed by atoms with E-state index in [1.807, 2.05) is 0 Å². The number of nitrogens with zero attached hydrogens (tertiary/aromatic N) is 1. The SMILES string of the molecule is CC1CCN(CCC2OCCCO2)CC1C. The van der Waals surface area contributed by atoms with Gasteiger partial charge in [0.05, 0.1) is 13.2 Å². The lowest BCUT2D eigenvalue weighted by Gasteiger charge is -2.36. The predicted molar refractivity (Wildman–Crippen MR) is 64.3 cm³/mol. The first-order chi connectivity index (χ1) is 7.75. The summed E-state index contributed by atoms with van der Waals surface area (Å²) in [6.45, 7) is 10.1. The summed E-state index contributed by atoms with van der Waals surface area (Å²) in [6, 6.07) is 0. The molecule has 2 saturated heterocycles. The Morgan fingerprint density at radius 3 is 2.56 bits per heavy atom. The Morgan fingerprint density at radius 1 is 1.12 bits per heavy atom. The number of hydrogen-bond donors (Lipinski definition) is 0. The van der Waals surface area contributed by atoms with Crippen molar-refractivity contribution >= 4 is 0 Å². The molecule has 0 aromatic carbocycles. The number of piperidine rings is 1. The van der Waals surface area contributed by atoms with Gasteiger partial charge in [0.2, 0.25) is 0 Å². The third kappa shape index (κ3) is 3.44. The summed E-state index contributed by atoms with van der Waals surface area (Å²) in [5.41, 5.74) is 0. The first-order valence-electron chi connectivity index (χ1n) is 6.71. The Morgan fingerprint density at radius 2 is 1.88 bits per heavy atom. The maximum Gasteiger partial charge on any atom is 0.158 e. The largest absolute Gasteiger partial charge is 0.353 e. The van der Waals surface area contributed by atoms with Crippen LogP contribution in [0.1, 0.15) is 33.1 Å². The third-order valence-electron chi connectivity index (χ3n) is 4.00. The van der Waals surface area contributed by atoms with E-state index in [4.69, 9.17) is 9.47 Å². The fourth-order valence-electron chi connectivity index (χ4n) is 2.54. The van der Waals surface area contributed by atoms with Gasteiger partial charge in [0.1, 0.15) is 0 Å². The maximum absolute atomic E-state index is 5.57. The van der Waals surface area contributed by atoms with Gasteiger partial charge in [-0.3, -0.25) is 0 Å². The molecular weight excluding hydrogens is 202 g/mol. The highest BCUT2D eigenvalue weighted by Crippen LogP contribution is 2.22. The molecule has 2 atom stereocenters. The highest BCUT2D eigenvalue weighted by Gasteiger charge is 2.23. The standard InChI is InChI=1S/C13H25NO2/c1-11-4-6-14(10-12(11)2)7-5-13-15-8-3-9-16-13/h11-13H,3-10H2,1-2H3. The molecule has 94 valence electrons. The smallest absolute Gasteiger partial charge is 0.158 e. The molecule has 0 aromatic rings. The summed E-state index contributed by atoms with van der Waals surface area (Å²) in [7, 11) is 0. The fourth-order valence-corrected chi connectivity index (χ4v) is 2.54. The fraction of sp³-hybridized carbons (Fsp3) is 1.00. The number of ether oxygens (including phenoxy) is 2. The van der Waals surface area contributed by atoms with E-state index < -0.39 is 0 Å². The summed E-state index contributed by atoms with van der Waals surface area (Å²) in [4.78, 5) is 2.56. The van der Waals surface area contributed by atoms with Gasteiger partial charge in [0.25, 0.3) is 0 Å². The van der Waals surface area contributed by atoms with E-state index in [0.29, 0.717) is 0 Å². The van der Waals surface area contributed by atoms with Gasteiger partial charge in [-0.15, -0.1) is 0 Å². The second-order valence-electron chi connectivity index (χ2n) is 5.36. The zero-order chi connectivity index (χ0) is 11.4. The van der Waals surface area contributed by atoms with Gasteiger partial charge in [-0.1, -0.05) is 13.8 Å². The van der Waals surface area contributed by atoms with Crippen molar-refractivity contribution in [3.63, 3.8) is 0 Å². The lowest BCUT2D eigenvalue weighted by molar-refractivity contribution is -0.183. The zero-order valence-electron chi connectivity index (χ0n) is 10.7. The molecular formula is C13H25NO2. The Labute approximate surface area is 99.1 Å². The van der Waals surface area contributed by atoms with E-state index in [9.17, 15) is 0 Å². The molecule has 3 nitrogen and oxygen atoms in total. The number of rotatable bonds is 3. The van der Waals surface area contributed by atoms with Crippen LogP contribution in [0.25, 0.3) is 0 Å². The zero-order valence-corrected chi connectivity index (χ0v) is 10.7. The van der Waals surface area contributed by atoms with Gasteiger partial charge < -0.3 is 14.4 Å². The van der Waals surface area contributed by atoms with Crippen molar-refractivity contribution < 1.29 is 9.47 Å². The molecule has 3 heteroatoms. The summed E-state index contributed by atoms with van der Waals surface area (Å²) < 4.78 is 11.1. The summed E-state index contributed by atoms with van der Waals surface area (Å²) >= 11 is 0. The average Bonchev–Trinajstić information content (AvgIpc) is 2.32. The summed E-state index contributed by atoms with van der Waals surface area (Å²) in [6.07, 6.45) is 3.48. The molecule has 0 spiro atoms. The molecule has 2 aliphatic heterocycles. The summed E-state index contributed by atoms with van der Waals surface area (Å²) in [5, 5.41) is 0. The molecule has 0 N–H and O–H groups in total. The molecule has 0 radical (unpaired) electrons. The van der Waals surface area contributed by atoms with E-state index >= 15 is 0 Å². The minimum Gasteiger partial charge on any atom is -0.353 e. The highest BCUT2D eigenvalue weighted by atomic mass is 16.7. The third-order valence-corrected chi connectivity index (χ3v) is 4.00. The van der Waals surface area contributed by atoms with Gasteiger partial charge in [-0.25, -0.2) is 0 Å². The second kappa shape index (κ2) is 5.99. The molecule has 2 heterocycles. The van der Waals surface area contributed by atoms with E-state index in [0.717, 1.165) is 44.4 Å². The van der Waals surface area contributed by atoms with Crippen LogP contribution in [0.2, 0.25) is 0 Å². The van der Waals surface area contributed by atoms with Gasteiger partial charge in [-0.05, 0) is 31.2 Å². The minimum atomic E-state index is 0.0587. The number of hydrogen-bond acceptors (Lipinski definition) is 3. The van der Waals surface area contributed by atoms with Crippen LogP contribution in [0.15, 0.2) is 0 Å². The maximum atomic E-state index is 5.57.